The summed E-state index contributed by atoms with van der Waals surface area (Å²) in [4.78, 5) is 0. The van der Waals surface area contributed by atoms with Crippen molar-refractivity contribution in [2.75, 3.05) is 0 Å². The number of benzene rings is 1. The van der Waals surface area contributed by atoms with Gasteiger partial charge >= 0.3 is 12.4 Å². The van der Waals surface area contributed by atoms with Crippen LogP contribution in [0.1, 0.15) is 17.2 Å². The van der Waals surface area contributed by atoms with Gasteiger partial charge in [0.15, 0.2) is 6.10 Å². The maximum Gasteiger partial charge on any atom is 0.419 e. The molecule has 0 aliphatic carbocycles. The van der Waals surface area contributed by atoms with Gasteiger partial charge in [-0.25, -0.2) is 4.39 Å². The Morgan fingerprint density at radius 1 is 1.00 bits per heavy atom. The van der Waals surface area contributed by atoms with E-state index >= 15 is 0 Å². The Morgan fingerprint density at radius 3 is 1.88 bits per heavy atom. The number of hydrogen-bond donors (Lipinski definition) is 1. The zero-order chi connectivity index (χ0) is 13.4. The van der Waals surface area contributed by atoms with Gasteiger partial charge in [-0.2, -0.15) is 26.3 Å². The van der Waals surface area contributed by atoms with Gasteiger partial charge in [-0.3, -0.25) is 0 Å². The molecule has 17 heavy (non-hydrogen) atoms. The quantitative estimate of drug-likeness (QED) is 0.768. The molecule has 1 atom stereocenters. The van der Waals surface area contributed by atoms with E-state index in [1.807, 2.05) is 0 Å². The normalized spacial score (nSPS) is 14.8. The first-order valence-corrected chi connectivity index (χ1v) is 4.15. The average Bonchev–Trinajstić information content (AvgIpc) is 2.12. The van der Waals surface area contributed by atoms with E-state index < -0.39 is 35.4 Å². The van der Waals surface area contributed by atoms with E-state index in [1.54, 1.807) is 0 Å². The fourth-order valence-electron chi connectivity index (χ4n) is 1.12. The van der Waals surface area contributed by atoms with Gasteiger partial charge in [0.05, 0.1) is 5.56 Å². The van der Waals surface area contributed by atoms with Crippen LogP contribution in [0, 0.1) is 5.82 Å². The highest BCUT2D eigenvalue weighted by atomic mass is 19.4. The molecule has 1 aromatic rings. The zero-order valence-electron chi connectivity index (χ0n) is 7.90. The Morgan fingerprint density at radius 2 is 1.53 bits per heavy atom. The molecule has 1 unspecified atom stereocenters. The van der Waals surface area contributed by atoms with Crippen molar-refractivity contribution in [2.45, 2.75) is 18.5 Å². The fourth-order valence-corrected chi connectivity index (χ4v) is 1.12. The Hall–Kier alpha value is -1.31. The molecule has 1 aromatic carbocycles. The lowest BCUT2D eigenvalue weighted by Gasteiger charge is -2.16. The highest BCUT2D eigenvalue weighted by Gasteiger charge is 2.41. The third-order valence-corrected chi connectivity index (χ3v) is 1.92. The number of halogens is 7. The van der Waals surface area contributed by atoms with E-state index in [4.69, 9.17) is 5.11 Å². The van der Waals surface area contributed by atoms with Gasteiger partial charge in [0, 0.05) is 0 Å². The third kappa shape index (κ3) is 3.09. The standard InChI is InChI=1S/C9H5F7O/c10-6-3-4(7(17)9(14,15)16)1-2-5(6)8(11,12)13/h1-3,7,17H. The second-order valence-electron chi connectivity index (χ2n) is 3.18. The van der Waals surface area contributed by atoms with Crippen molar-refractivity contribution in [3.8, 4) is 0 Å². The molecular formula is C9H5F7O. The van der Waals surface area contributed by atoms with Crippen molar-refractivity contribution in [2.24, 2.45) is 0 Å². The topological polar surface area (TPSA) is 20.2 Å². The van der Waals surface area contributed by atoms with Gasteiger partial charge in [-0.1, -0.05) is 6.07 Å². The Bertz CT molecular complexity index is 407. The second kappa shape index (κ2) is 4.17. The Kier molecular flexibility index (Phi) is 3.37. The summed E-state index contributed by atoms with van der Waals surface area (Å²) in [6.45, 7) is 0. The van der Waals surface area contributed by atoms with Crippen LogP contribution in [0.2, 0.25) is 0 Å². The van der Waals surface area contributed by atoms with Crippen LogP contribution in [-0.2, 0) is 6.18 Å². The first-order valence-electron chi connectivity index (χ1n) is 4.15. The van der Waals surface area contributed by atoms with Crippen molar-refractivity contribution >= 4 is 0 Å². The summed E-state index contributed by atoms with van der Waals surface area (Å²) in [5.41, 5.74) is -2.67. The molecule has 0 amide bonds. The van der Waals surface area contributed by atoms with Crippen LogP contribution in [0.5, 0.6) is 0 Å². The first kappa shape index (κ1) is 13.8. The number of aliphatic hydroxyl groups excluding tert-OH is 1. The monoisotopic (exact) mass is 262 g/mol. The van der Waals surface area contributed by atoms with Crippen molar-refractivity contribution in [1.82, 2.24) is 0 Å². The largest absolute Gasteiger partial charge is 0.419 e. The van der Waals surface area contributed by atoms with Crippen LogP contribution in [-0.4, -0.2) is 11.3 Å². The molecule has 0 saturated heterocycles. The maximum absolute atomic E-state index is 12.9. The molecule has 0 heterocycles. The van der Waals surface area contributed by atoms with Crippen molar-refractivity contribution in [3.05, 3.63) is 35.1 Å². The van der Waals surface area contributed by atoms with E-state index in [0.717, 1.165) is 0 Å². The molecule has 0 fully saturated rings. The smallest absolute Gasteiger partial charge is 0.379 e. The van der Waals surface area contributed by atoms with Crippen molar-refractivity contribution in [3.63, 3.8) is 0 Å². The molecule has 1 rings (SSSR count). The van der Waals surface area contributed by atoms with Crippen LogP contribution in [0.25, 0.3) is 0 Å². The van der Waals surface area contributed by atoms with Gasteiger partial charge in [0.25, 0.3) is 0 Å². The lowest BCUT2D eigenvalue weighted by molar-refractivity contribution is -0.206. The van der Waals surface area contributed by atoms with Crippen LogP contribution >= 0.6 is 0 Å². The summed E-state index contributed by atoms with van der Waals surface area (Å²) in [6.07, 6.45) is -13.1. The van der Waals surface area contributed by atoms with E-state index in [-0.39, 0.29) is 12.1 Å². The number of aliphatic hydroxyl groups is 1. The van der Waals surface area contributed by atoms with E-state index in [0.29, 0.717) is 6.07 Å². The number of hydrogen-bond acceptors (Lipinski definition) is 1. The van der Waals surface area contributed by atoms with Gasteiger partial charge < -0.3 is 5.11 Å². The SMILES string of the molecule is OC(c1ccc(C(F)(F)F)c(F)c1)C(F)(F)F. The summed E-state index contributed by atoms with van der Waals surface area (Å²) in [5.74, 6) is -1.86. The predicted molar refractivity (Wildman–Crippen MR) is 42.4 cm³/mol. The lowest BCUT2D eigenvalue weighted by Crippen LogP contribution is -2.20. The molecule has 96 valence electrons. The fraction of sp³-hybridized carbons (Fsp3) is 0.333. The van der Waals surface area contributed by atoms with Crippen molar-refractivity contribution in [1.29, 1.82) is 0 Å². The third-order valence-electron chi connectivity index (χ3n) is 1.92. The Balaban J connectivity index is 3.14. The van der Waals surface area contributed by atoms with E-state index in [1.165, 1.54) is 0 Å². The van der Waals surface area contributed by atoms with E-state index in [9.17, 15) is 30.7 Å². The summed E-state index contributed by atoms with van der Waals surface area (Å²) in [7, 11) is 0. The molecule has 0 aliphatic rings. The molecule has 0 spiro atoms. The van der Waals surface area contributed by atoms with Gasteiger partial charge in [0.2, 0.25) is 0 Å². The second-order valence-corrected chi connectivity index (χ2v) is 3.18. The maximum atomic E-state index is 12.9. The number of alkyl halides is 6. The average molecular weight is 262 g/mol. The minimum Gasteiger partial charge on any atom is -0.379 e. The molecule has 0 radical (unpaired) electrons. The Labute approximate surface area is 90.5 Å². The molecule has 8 heteroatoms. The van der Waals surface area contributed by atoms with Crippen LogP contribution in [0.3, 0.4) is 0 Å². The lowest BCUT2D eigenvalue weighted by atomic mass is 10.1. The molecule has 0 bridgehead atoms. The van der Waals surface area contributed by atoms with E-state index in [2.05, 4.69) is 0 Å². The van der Waals surface area contributed by atoms with Gasteiger partial charge in [-0.15, -0.1) is 0 Å². The number of rotatable bonds is 1. The molecule has 0 aromatic heterocycles. The zero-order valence-corrected chi connectivity index (χ0v) is 7.90. The van der Waals surface area contributed by atoms with Crippen LogP contribution in [0.15, 0.2) is 18.2 Å². The summed E-state index contributed by atoms with van der Waals surface area (Å²) < 4.78 is 85.2. The van der Waals surface area contributed by atoms with Gasteiger partial charge in [-0.05, 0) is 17.7 Å². The predicted octanol–water partition coefficient (Wildman–Crippen LogP) is 3.44. The van der Waals surface area contributed by atoms with Crippen molar-refractivity contribution < 1.29 is 35.8 Å². The van der Waals surface area contributed by atoms with Crippen LogP contribution in [0.4, 0.5) is 30.7 Å². The molecule has 0 saturated carbocycles. The highest BCUT2D eigenvalue weighted by Crippen LogP contribution is 2.36. The molecule has 0 aliphatic heterocycles. The summed E-state index contributed by atoms with van der Waals surface area (Å²) >= 11 is 0. The molecule has 1 N–H and O–H groups in total. The minimum atomic E-state index is -5.06. The molecule has 1 nitrogen and oxygen atoms in total. The summed E-state index contributed by atoms with van der Waals surface area (Å²) in [6, 6.07) is 0.546. The van der Waals surface area contributed by atoms with Crippen LogP contribution < -0.4 is 0 Å². The summed E-state index contributed by atoms with van der Waals surface area (Å²) in [5, 5.41) is 8.70. The minimum absolute atomic E-state index is 0.0149. The molecular weight excluding hydrogens is 257 g/mol. The van der Waals surface area contributed by atoms with Gasteiger partial charge in [0.1, 0.15) is 5.82 Å². The highest BCUT2D eigenvalue weighted by molar-refractivity contribution is 5.28. The first-order chi connectivity index (χ1) is 7.53.